The van der Waals surface area contributed by atoms with Gasteiger partial charge in [-0.05, 0) is 42.3 Å². The number of halogens is 1. The third-order valence-corrected chi connectivity index (χ3v) is 4.92. The highest BCUT2D eigenvalue weighted by Gasteiger charge is 2.13. The van der Waals surface area contributed by atoms with E-state index in [4.69, 9.17) is 31.2 Å². The molecule has 3 rings (SSSR count). The zero-order valence-electron chi connectivity index (χ0n) is 17.8. The Morgan fingerprint density at radius 3 is 2.56 bits per heavy atom. The normalized spacial score (nSPS) is 10.5. The fraction of sp³-hybridized carbons (Fsp3) is 0.154. The van der Waals surface area contributed by atoms with Gasteiger partial charge in [0.05, 0.1) is 25.0 Å². The summed E-state index contributed by atoms with van der Waals surface area (Å²) in [6.45, 7) is 4.43. The van der Waals surface area contributed by atoms with E-state index in [1.165, 1.54) is 0 Å². The van der Waals surface area contributed by atoms with Crippen molar-refractivity contribution >= 4 is 17.8 Å². The number of allylic oxidation sites excluding steroid dienone is 1. The lowest BCUT2D eigenvalue weighted by atomic mass is 10.1. The third-order valence-electron chi connectivity index (χ3n) is 4.67. The number of nitrogens with zero attached hydrogens (tertiary/aromatic N) is 2. The van der Waals surface area contributed by atoms with E-state index in [2.05, 4.69) is 17.8 Å². The number of oxime groups is 1. The van der Waals surface area contributed by atoms with Crippen molar-refractivity contribution in [2.45, 2.75) is 19.6 Å². The number of benzene rings is 3. The van der Waals surface area contributed by atoms with Gasteiger partial charge in [-0.25, -0.2) is 0 Å². The summed E-state index contributed by atoms with van der Waals surface area (Å²) in [6, 6.07) is 20.7. The molecule has 32 heavy (non-hydrogen) atoms. The van der Waals surface area contributed by atoms with E-state index in [9.17, 15) is 0 Å². The quantitative estimate of drug-likeness (QED) is 0.215. The summed E-state index contributed by atoms with van der Waals surface area (Å²) in [5.41, 5.74) is 4.07. The Morgan fingerprint density at radius 2 is 1.84 bits per heavy atom. The standard InChI is InChI=1S/C26H23ClN2O3/c1-3-6-21-13-20(16-29-32-18-23-8-5-4-7-22(23)15-28)14-25(30-2)26(21)31-17-19-9-11-24(27)12-10-19/h3-5,7-14,16H,1,6,17-18H2,2H3/b29-16-. The van der Waals surface area contributed by atoms with Gasteiger partial charge in [-0.15, -0.1) is 6.58 Å². The minimum atomic E-state index is 0.208. The van der Waals surface area contributed by atoms with Gasteiger partial charge < -0.3 is 14.3 Å². The van der Waals surface area contributed by atoms with Crippen LogP contribution in [0.4, 0.5) is 0 Å². The first-order valence-electron chi connectivity index (χ1n) is 9.97. The Labute approximate surface area is 193 Å². The Bertz CT molecular complexity index is 1130. The average Bonchev–Trinajstić information content (AvgIpc) is 2.82. The van der Waals surface area contributed by atoms with Crippen LogP contribution in [0.25, 0.3) is 0 Å². The van der Waals surface area contributed by atoms with Crippen molar-refractivity contribution < 1.29 is 14.3 Å². The Balaban J connectivity index is 1.74. The SMILES string of the molecule is C=CCc1cc(/C=N\OCc2ccccc2C#N)cc(OC)c1OCc1ccc(Cl)cc1. The van der Waals surface area contributed by atoms with E-state index in [1.54, 1.807) is 25.5 Å². The zero-order valence-corrected chi connectivity index (χ0v) is 18.5. The molecule has 0 spiro atoms. The first-order chi connectivity index (χ1) is 15.6. The monoisotopic (exact) mass is 446 g/mol. The van der Waals surface area contributed by atoms with E-state index in [1.807, 2.05) is 54.6 Å². The van der Waals surface area contributed by atoms with Crippen LogP contribution in [0.5, 0.6) is 11.5 Å². The minimum Gasteiger partial charge on any atom is -0.493 e. The molecule has 0 aliphatic rings. The molecule has 0 heterocycles. The molecule has 0 aromatic heterocycles. The summed E-state index contributed by atoms with van der Waals surface area (Å²) in [5, 5.41) is 13.9. The van der Waals surface area contributed by atoms with Crippen molar-refractivity contribution in [2.75, 3.05) is 7.11 Å². The second kappa shape index (κ2) is 11.6. The minimum absolute atomic E-state index is 0.208. The van der Waals surface area contributed by atoms with Gasteiger partial charge in [0.25, 0.3) is 0 Å². The van der Waals surface area contributed by atoms with Crippen LogP contribution in [-0.2, 0) is 24.5 Å². The predicted molar refractivity (Wildman–Crippen MR) is 126 cm³/mol. The van der Waals surface area contributed by atoms with E-state index >= 15 is 0 Å². The summed E-state index contributed by atoms with van der Waals surface area (Å²) < 4.78 is 11.6. The van der Waals surface area contributed by atoms with Crippen LogP contribution in [0.15, 0.2) is 78.5 Å². The van der Waals surface area contributed by atoms with Crippen LogP contribution < -0.4 is 9.47 Å². The largest absolute Gasteiger partial charge is 0.493 e. The van der Waals surface area contributed by atoms with Crippen molar-refractivity contribution in [3.8, 4) is 17.6 Å². The first kappa shape index (κ1) is 22.9. The van der Waals surface area contributed by atoms with Gasteiger partial charge >= 0.3 is 0 Å². The van der Waals surface area contributed by atoms with Gasteiger partial charge in [0.1, 0.15) is 13.2 Å². The molecule has 0 saturated heterocycles. The molecule has 0 saturated carbocycles. The topological polar surface area (TPSA) is 63.8 Å². The summed E-state index contributed by atoms with van der Waals surface area (Å²) >= 11 is 5.95. The molecule has 0 unspecified atom stereocenters. The molecule has 0 fully saturated rings. The van der Waals surface area contributed by atoms with Gasteiger partial charge in [-0.1, -0.05) is 53.2 Å². The molecule has 0 bridgehead atoms. The fourth-order valence-corrected chi connectivity index (χ4v) is 3.20. The molecule has 3 aromatic carbocycles. The molecule has 0 aliphatic heterocycles. The van der Waals surface area contributed by atoms with Crippen LogP contribution in [0.2, 0.25) is 5.02 Å². The van der Waals surface area contributed by atoms with Crippen molar-refractivity contribution in [3.63, 3.8) is 0 Å². The number of hydrogen-bond donors (Lipinski definition) is 0. The fourth-order valence-electron chi connectivity index (χ4n) is 3.08. The highest BCUT2D eigenvalue weighted by atomic mass is 35.5. The third kappa shape index (κ3) is 6.13. The van der Waals surface area contributed by atoms with E-state index < -0.39 is 0 Å². The average molecular weight is 447 g/mol. The van der Waals surface area contributed by atoms with E-state index in [-0.39, 0.29) is 6.61 Å². The van der Waals surface area contributed by atoms with E-state index in [0.717, 1.165) is 22.3 Å². The second-order valence-corrected chi connectivity index (χ2v) is 7.33. The van der Waals surface area contributed by atoms with Crippen molar-refractivity contribution in [1.29, 1.82) is 5.26 Å². The lowest BCUT2D eigenvalue weighted by Gasteiger charge is -2.16. The maximum atomic E-state index is 9.16. The molecule has 6 heteroatoms. The number of rotatable bonds is 10. The first-order valence-corrected chi connectivity index (χ1v) is 10.3. The smallest absolute Gasteiger partial charge is 0.165 e. The van der Waals surface area contributed by atoms with Crippen LogP contribution in [-0.4, -0.2) is 13.3 Å². The lowest BCUT2D eigenvalue weighted by molar-refractivity contribution is 0.132. The number of hydrogen-bond acceptors (Lipinski definition) is 5. The molecule has 0 N–H and O–H groups in total. The van der Waals surface area contributed by atoms with Crippen molar-refractivity contribution in [1.82, 2.24) is 0 Å². The summed E-state index contributed by atoms with van der Waals surface area (Å²) in [7, 11) is 1.60. The Kier molecular flexibility index (Phi) is 8.30. The number of nitriles is 1. The number of ether oxygens (including phenoxy) is 2. The van der Waals surface area contributed by atoms with Crippen LogP contribution in [0, 0.1) is 11.3 Å². The lowest BCUT2D eigenvalue weighted by Crippen LogP contribution is -2.02. The van der Waals surface area contributed by atoms with Crippen molar-refractivity contribution in [2.24, 2.45) is 5.16 Å². The van der Waals surface area contributed by atoms with Gasteiger partial charge in [-0.3, -0.25) is 0 Å². The Morgan fingerprint density at radius 1 is 1.06 bits per heavy atom. The van der Waals surface area contributed by atoms with Gasteiger partial charge in [-0.2, -0.15) is 5.26 Å². The molecule has 5 nitrogen and oxygen atoms in total. The predicted octanol–water partition coefficient (Wildman–Crippen LogP) is 6.08. The Hall–Kier alpha value is -3.75. The molecule has 162 valence electrons. The van der Waals surface area contributed by atoms with Gasteiger partial charge in [0, 0.05) is 21.7 Å². The molecule has 0 radical (unpaired) electrons. The maximum absolute atomic E-state index is 9.16. The maximum Gasteiger partial charge on any atom is 0.165 e. The summed E-state index contributed by atoms with van der Waals surface area (Å²) in [5.74, 6) is 1.25. The summed E-state index contributed by atoms with van der Waals surface area (Å²) in [4.78, 5) is 5.40. The highest BCUT2D eigenvalue weighted by molar-refractivity contribution is 6.30. The molecule has 0 amide bonds. The zero-order chi connectivity index (χ0) is 22.8. The molecule has 0 atom stereocenters. The molecule has 0 aliphatic carbocycles. The molecule has 3 aromatic rings. The van der Waals surface area contributed by atoms with Crippen LogP contribution >= 0.6 is 11.6 Å². The van der Waals surface area contributed by atoms with Crippen molar-refractivity contribution in [3.05, 3.63) is 106 Å². The van der Waals surface area contributed by atoms with Gasteiger partial charge in [0.2, 0.25) is 0 Å². The molecular formula is C26H23ClN2O3. The summed E-state index contributed by atoms with van der Waals surface area (Å²) in [6.07, 6.45) is 4.01. The van der Waals surface area contributed by atoms with Crippen LogP contribution in [0.1, 0.15) is 27.8 Å². The molecular weight excluding hydrogens is 424 g/mol. The van der Waals surface area contributed by atoms with Crippen LogP contribution in [0.3, 0.4) is 0 Å². The second-order valence-electron chi connectivity index (χ2n) is 6.90. The number of methoxy groups -OCH3 is 1. The van der Waals surface area contributed by atoms with E-state index in [0.29, 0.717) is 35.1 Å². The van der Waals surface area contributed by atoms with Gasteiger partial charge in [0.15, 0.2) is 11.5 Å². The highest BCUT2D eigenvalue weighted by Crippen LogP contribution is 2.34.